The number of hydrogen-bond donors (Lipinski definition) is 2. The predicted molar refractivity (Wildman–Crippen MR) is 60.5 cm³/mol. The standard InChI is InChI=1S/C11H18F3NO4/c1-3-7(2)9(10(17)18)15-8(16)4-5-19-6-11(12,13)14/h7,9H,3-6H2,1-2H3,(H,15,16)(H,17,18)/t7-,9-/m0/s1. The summed E-state index contributed by atoms with van der Waals surface area (Å²) in [5, 5.41) is 11.2. The molecule has 0 unspecified atom stereocenters. The Morgan fingerprint density at radius 3 is 2.37 bits per heavy atom. The Labute approximate surface area is 109 Å². The fourth-order valence-electron chi connectivity index (χ4n) is 1.28. The number of rotatable bonds is 8. The van der Waals surface area contributed by atoms with Crippen LogP contribution in [-0.2, 0) is 14.3 Å². The Bertz CT molecular complexity index is 307. The zero-order valence-corrected chi connectivity index (χ0v) is 10.8. The molecule has 112 valence electrons. The van der Waals surface area contributed by atoms with Crippen LogP contribution in [0, 0.1) is 5.92 Å². The van der Waals surface area contributed by atoms with Crippen molar-refractivity contribution in [3.05, 3.63) is 0 Å². The van der Waals surface area contributed by atoms with E-state index in [9.17, 15) is 22.8 Å². The summed E-state index contributed by atoms with van der Waals surface area (Å²) < 4.78 is 39.5. The number of carbonyl (C=O) groups is 2. The van der Waals surface area contributed by atoms with Crippen LogP contribution in [0.3, 0.4) is 0 Å². The van der Waals surface area contributed by atoms with Crippen LogP contribution in [-0.4, -0.2) is 42.4 Å². The Balaban J connectivity index is 4.04. The van der Waals surface area contributed by atoms with Crippen LogP contribution >= 0.6 is 0 Å². The fourth-order valence-corrected chi connectivity index (χ4v) is 1.28. The van der Waals surface area contributed by atoms with Crippen molar-refractivity contribution >= 4 is 11.9 Å². The molecule has 0 aromatic rings. The molecule has 0 saturated carbocycles. The van der Waals surface area contributed by atoms with Crippen LogP contribution in [0.2, 0.25) is 0 Å². The van der Waals surface area contributed by atoms with Crippen LogP contribution in [0.5, 0.6) is 0 Å². The average Bonchev–Trinajstić information content (AvgIpc) is 2.29. The average molecular weight is 285 g/mol. The number of amides is 1. The Morgan fingerprint density at radius 2 is 1.95 bits per heavy atom. The van der Waals surface area contributed by atoms with E-state index in [0.29, 0.717) is 6.42 Å². The Morgan fingerprint density at radius 1 is 1.37 bits per heavy atom. The molecule has 0 aromatic carbocycles. The highest BCUT2D eigenvalue weighted by atomic mass is 19.4. The number of nitrogens with one attached hydrogen (secondary N) is 1. The zero-order chi connectivity index (χ0) is 15.1. The summed E-state index contributed by atoms with van der Waals surface area (Å²) in [5.74, 6) is -2.08. The molecule has 0 fully saturated rings. The zero-order valence-electron chi connectivity index (χ0n) is 10.8. The largest absolute Gasteiger partial charge is 0.480 e. The number of alkyl halides is 3. The second kappa shape index (κ2) is 7.98. The van der Waals surface area contributed by atoms with E-state index < -0.39 is 37.3 Å². The highest BCUT2D eigenvalue weighted by molar-refractivity contribution is 5.83. The molecular weight excluding hydrogens is 267 g/mol. The molecule has 0 heterocycles. The lowest BCUT2D eigenvalue weighted by atomic mass is 9.99. The lowest BCUT2D eigenvalue weighted by Gasteiger charge is -2.20. The van der Waals surface area contributed by atoms with E-state index in [2.05, 4.69) is 10.1 Å². The van der Waals surface area contributed by atoms with Gasteiger partial charge in [-0.25, -0.2) is 4.79 Å². The van der Waals surface area contributed by atoms with Crippen LogP contribution in [0.4, 0.5) is 13.2 Å². The SMILES string of the molecule is CC[C@H](C)[C@H](NC(=O)CCOCC(F)(F)F)C(=O)O. The first kappa shape index (κ1) is 17.7. The second-order valence-electron chi connectivity index (χ2n) is 4.19. The Hall–Kier alpha value is -1.31. The lowest BCUT2D eigenvalue weighted by molar-refractivity contribution is -0.174. The van der Waals surface area contributed by atoms with Crippen LogP contribution in [0.15, 0.2) is 0 Å². The van der Waals surface area contributed by atoms with Gasteiger partial charge >= 0.3 is 12.1 Å². The van der Waals surface area contributed by atoms with Crippen molar-refractivity contribution in [1.29, 1.82) is 0 Å². The minimum Gasteiger partial charge on any atom is -0.480 e. The monoisotopic (exact) mass is 285 g/mol. The molecule has 0 rings (SSSR count). The number of carbonyl (C=O) groups excluding carboxylic acids is 1. The van der Waals surface area contributed by atoms with Gasteiger partial charge in [-0.05, 0) is 5.92 Å². The number of hydrogen-bond acceptors (Lipinski definition) is 3. The lowest BCUT2D eigenvalue weighted by Crippen LogP contribution is -2.45. The van der Waals surface area contributed by atoms with Gasteiger partial charge in [-0.2, -0.15) is 13.2 Å². The maximum Gasteiger partial charge on any atom is 0.411 e. The molecule has 19 heavy (non-hydrogen) atoms. The molecule has 8 heteroatoms. The topological polar surface area (TPSA) is 75.6 Å². The van der Waals surface area contributed by atoms with Gasteiger partial charge in [0.25, 0.3) is 0 Å². The molecule has 2 N–H and O–H groups in total. The van der Waals surface area contributed by atoms with Crippen molar-refractivity contribution < 1.29 is 32.6 Å². The quantitative estimate of drug-likeness (QED) is 0.664. The maximum absolute atomic E-state index is 11.7. The van der Waals surface area contributed by atoms with Gasteiger partial charge in [0.15, 0.2) is 0 Å². The summed E-state index contributed by atoms with van der Waals surface area (Å²) in [7, 11) is 0. The van der Waals surface area contributed by atoms with Crippen molar-refractivity contribution in [2.75, 3.05) is 13.2 Å². The summed E-state index contributed by atoms with van der Waals surface area (Å²) in [5.41, 5.74) is 0. The van der Waals surface area contributed by atoms with Crippen LogP contribution in [0.25, 0.3) is 0 Å². The molecular formula is C11H18F3NO4. The van der Waals surface area contributed by atoms with E-state index >= 15 is 0 Å². The van der Waals surface area contributed by atoms with Crippen molar-refractivity contribution in [1.82, 2.24) is 5.32 Å². The molecule has 0 bridgehead atoms. The van der Waals surface area contributed by atoms with Crippen molar-refractivity contribution in [2.45, 2.75) is 38.9 Å². The van der Waals surface area contributed by atoms with E-state index in [1.165, 1.54) is 0 Å². The molecule has 0 saturated heterocycles. The van der Waals surface area contributed by atoms with Gasteiger partial charge in [-0.15, -0.1) is 0 Å². The fraction of sp³-hybridized carbons (Fsp3) is 0.818. The molecule has 5 nitrogen and oxygen atoms in total. The first-order chi connectivity index (χ1) is 8.67. The van der Waals surface area contributed by atoms with Gasteiger partial charge in [-0.1, -0.05) is 20.3 Å². The number of ether oxygens (including phenoxy) is 1. The Kier molecular flexibility index (Phi) is 7.43. The van der Waals surface area contributed by atoms with E-state index in [0.717, 1.165) is 0 Å². The molecule has 0 aliphatic rings. The maximum atomic E-state index is 11.7. The van der Waals surface area contributed by atoms with E-state index in [1.807, 2.05) is 0 Å². The highest BCUT2D eigenvalue weighted by Gasteiger charge is 2.28. The van der Waals surface area contributed by atoms with Gasteiger partial charge in [0.1, 0.15) is 12.6 Å². The molecule has 0 spiro atoms. The molecule has 0 aromatic heterocycles. The number of carboxylic acid groups (broad SMARTS) is 1. The van der Waals surface area contributed by atoms with Gasteiger partial charge in [0.05, 0.1) is 6.61 Å². The van der Waals surface area contributed by atoms with E-state index in [1.54, 1.807) is 13.8 Å². The van der Waals surface area contributed by atoms with E-state index in [4.69, 9.17) is 5.11 Å². The highest BCUT2D eigenvalue weighted by Crippen LogP contribution is 2.14. The molecule has 2 atom stereocenters. The summed E-state index contributed by atoms with van der Waals surface area (Å²) in [6, 6.07) is -1.04. The smallest absolute Gasteiger partial charge is 0.411 e. The first-order valence-electron chi connectivity index (χ1n) is 5.84. The van der Waals surface area contributed by atoms with Gasteiger partial charge in [-0.3, -0.25) is 4.79 Å². The summed E-state index contributed by atoms with van der Waals surface area (Å²) in [4.78, 5) is 22.3. The second-order valence-corrected chi connectivity index (χ2v) is 4.19. The third kappa shape index (κ3) is 8.41. The van der Waals surface area contributed by atoms with Crippen molar-refractivity contribution in [2.24, 2.45) is 5.92 Å². The molecule has 1 amide bonds. The van der Waals surface area contributed by atoms with Crippen LogP contribution in [0.1, 0.15) is 26.7 Å². The molecule has 0 aliphatic carbocycles. The van der Waals surface area contributed by atoms with Gasteiger partial charge < -0.3 is 15.2 Å². The van der Waals surface area contributed by atoms with E-state index in [-0.39, 0.29) is 12.3 Å². The number of aliphatic carboxylic acids is 1. The summed E-state index contributed by atoms with van der Waals surface area (Å²) >= 11 is 0. The number of halogens is 3. The first-order valence-corrected chi connectivity index (χ1v) is 5.84. The van der Waals surface area contributed by atoms with Crippen molar-refractivity contribution in [3.63, 3.8) is 0 Å². The molecule has 0 radical (unpaired) electrons. The van der Waals surface area contributed by atoms with Gasteiger partial charge in [0.2, 0.25) is 5.91 Å². The minimum absolute atomic E-state index is 0.266. The number of carboxylic acids is 1. The summed E-state index contributed by atoms with van der Waals surface area (Å²) in [6.45, 7) is 1.62. The summed E-state index contributed by atoms with van der Waals surface area (Å²) in [6.07, 6.45) is -4.19. The minimum atomic E-state index is -4.43. The normalized spacial score (nSPS) is 14.8. The van der Waals surface area contributed by atoms with Gasteiger partial charge in [0, 0.05) is 6.42 Å². The third-order valence-electron chi connectivity index (χ3n) is 2.53. The molecule has 0 aliphatic heterocycles. The van der Waals surface area contributed by atoms with Crippen LogP contribution < -0.4 is 5.32 Å². The van der Waals surface area contributed by atoms with Crippen molar-refractivity contribution in [3.8, 4) is 0 Å². The third-order valence-corrected chi connectivity index (χ3v) is 2.53. The predicted octanol–water partition coefficient (Wildman–Crippen LogP) is 1.57.